The van der Waals surface area contributed by atoms with Gasteiger partial charge in [0.05, 0.1) is 34.9 Å². The molecule has 3 atom stereocenters. The third kappa shape index (κ3) is 3.01. The average Bonchev–Trinajstić information content (AvgIpc) is 3.22. The van der Waals surface area contributed by atoms with Crippen LogP contribution in [0.1, 0.15) is 49.0 Å². The Bertz CT molecular complexity index is 1010. The summed E-state index contributed by atoms with van der Waals surface area (Å²) in [7, 11) is 2.05. The van der Waals surface area contributed by atoms with Crippen LogP contribution < -0.4 is 20.9 Å². The van der Waals surface area contributed by atoms with Crippen molar-refractivity contribution < 1.29 is 9.90 Å². The highest BCUT2D eigenvalue weighted by Gasteiger charge is 2.42. The lowest BCUT2D eigenvalue weighted by molar-refractivity contribution is 0.0923. The molecule has 6 nitrogen and oxygen atoms in total. The number of aliphatic hydroxyl groups excluding tert-OH is 1. The highest BCUT2D eigenvalue weighted by Crippen LogP contribution is 2.51. The molecule has 5 rings (SSSR count). The highest BCUT2D eigenvalue weighted by atomic mass is 16.3. The number of allylic oxidation sites excluding steroid dienone is 4. The molecule has 2 unspecified atom stereocenters. The quantitative estimate of drug-likeness (QED) is 0.620. The maximum absolute atomic E-state index is 13.0. The summed E-state index contributed by atoms with van der Waals surface area (Å²) in [5, 5.41) is 20.0. The number of benzene rings is 1. The van der Waals surface area contributed by atoms with Gasteiger partial charge in [0, 0.05) is 19.2 Å². The van der Waals surface area contributed by atoms with Crippen molar-refractivity contribution in [3.63, 3.8) is 0 Å². The molecule has 4 N–H and O–H groups in total. The summed E-state index contributed by atoms with van der Waals surface area (Å²) in [6.07, 6.45) is 12.4. The van der Waals surface area contributed by atoms with Crippen LogP contribution >= 0.6 is 0 Å². The van der Waals surface area contributed by atoms with E-state index in [1.54, 1.807) is 6.92 Å². The molecule has 1 aromatic rings. The summed E-state index contributed by atoms with van der Waals surface area (Å²) in [5.74, 6) is -0.119. The van der Waals surface area contributed by atoms with Crippen LogP contribution in [0.3, 0.4) is 0 Å². The van der Waals surface area contributed by atoms with Gasteiger partial charge in [-0.15, -0.1) is 0 Å². The van der Waals surface area contributed by atoms with Gasteiger partial charge in [-0.1, -0.05) is 24.3 Å². The third-order valence-electron chi connectivity index (χ3n) is 6.87. The molecule has 2 aliphatic carbocycles. The van der Waals surface area contributed by atoms with E-state index in [4.69, 9.17) is 0 Å². The van der Waals surface area contributed by atoms with Gasteiger partial charge in [0.25, 0.3) is 5.91 Å². The van der Waals surface area contributed by atoms with E-state index in [2.05, 4.69) is 59.1 Å². The zero-order valence-corrected chi connectivity index (χ0v) is 17.9. The van der Waals surface area contributed by atoms with Crippen molar-refractivity contribution in [1.82, 2.24) is 5.32 Å². The molecule has 2 heterocycles. The maximum atomic E-state index is 13.0. The van der Waals surface area contributed by atoms with Crippen molar-refractivity contribution in [2.75, 3.05) is 29.1 Å². The number of carbonyl (C=O) groups is 1. The van der Waals surface area contributed by atoms with E-state index in [1.165, 1.54) is 11.1 Å². The molecule has 1 spiro atoms. The second-order valence-corrected chi connectivity index (χ2v) is 9.11. The normalized spacial score (nSPS) is 26.8. The van der Waals surface area contributed by atoms with Crippen LogP contribution in [0.4, 0.5) is 17.1 Å². The third-order valence-corrected chi connectivity index (χ3v) is 6.87. The van der Waals surface area contributed by atoms with E-state index in [0.29, 0.717) is 5.56 Å². The van der Waals surface area contributed by atoms with E-state index < -0.39 is 6.10 Å². The summed E-state index contributed by atoms with van der Waals surface area (Å²) in [6.45, 7) is 4.06. The van der Waals surface area contributed by atoms with Gasteiger partial charge >= 0.3 is 0 Å². The van der Waals surface area contributed by atoms with E-state index in [1.807, 2.05) is 6.07 Å². The Balaban J connectivity index is 1.56. The van der Waals surface area contributed by atoms with Crippen molar-refractivity contribution in [2.24, 2.45) is 0 Å². The van der Waals surface area contributed by atoms with Crippen LogP contribution in [0.15, 0.2) is 41.5 Å². The smallest absolute Gasteiger partial charge is 0.251 e. The van der Waals surface area contributed by atoms with E-state index >= 15 is 0 Å². The van der Waals surface area contributed by atoms with Gasteiger partial charge in [0.1, 0.15) is 0 Å². The Hall–Kier alpha value is -2.73. The lowest BCUT2D eigenvalue weighted by atomic mass is 9.82. The first-order valence-electron chi connectivity index (χ1n) is 10.9. The Morgan fingerprint density at radius 2 is 2.23 bits per heavy atom. The van der Waals surface area contributed by atoms with Crippen molar-refractivity contribution >= 4 is 23.0 Å². The topological polar surface area (TPSA) is 76.6 Å². The average molecular weight is 407 g/mol. The Kier molecular flexibility index (Phi) is 4.43. The maximum Gasteiger partial charge on any atom is 0.251 e. The number of carbonyl (C=O) groups excluding carboxylic acids is 1. The predicted octanol–water partition coefficient (Wildman–Crippen LogP) is 3.32. The molecular formula is C24H30N4O2. The molecular weight excluding hydrogens is 376 g/mol. The van der Waals surface area contributed by atoms with Crippen LogP contribution in [0.25, 0.3) is 0 Å². The molecule has 0 fully saturated rings. The molecule has 6 heteroatoms. The molecule has 0 aromatic heterocycles. The number of rotatable bonds is 3. The molecule has 30 heavy (non-hydrogen) atoms. The van der Waals surface area contributed by atoms with Gasteiger partial charge in [0.15, 0.2) is 0 Å². The summed E-state index contributed by atoms with van der Waals surface area (Å²) in [4.78, 5) is 15.2. The standard InChI is InChI=1S/C24H30N4O2/c1-14(29)13-25-23(30)19-10-20-22(26-15(2)28(20)3)21-18(19)8-9-24(27-21)11-16-6-4-5-7-17(16)12-24/h4-6,10,12,14-15,26-27,29H,7-9,11,13H2,1-3H3,(H,25,30)/t14-,15?,24?/m0/s1. The summed E-state index contributed by atoms with van der Waals surface area (Å²) in [5.41, 5.74) is 7.72. The van der Waals surface area contributed by atoms with E-state index in [9.17, 15) is 9.90 Å². The summed E-state index contributed by atoms with van der Waals surface area (Å²) < 4.78 is 0. The fourth-order valence-corrected chi connectivity index (χ4v) is 5.15. The molecule has 1 amide bonds. The van der Waals surface area contributed by atoms with E-state index in [-0.39, 0.29) is 24.2 Å². The second kappa shape index (κ2) is 6.91. The molecule has 158 valence electrons. The minimum atomic E-state index is -0.569. The molecule has 0 bridgehead atoms. The zero-order chi connectivity index (χ0) is 21.0. The fraction of sp³-hybridized carbons (Fsp3) is 0.458. The molecule has 2 aliphatic heterocycles. The van der Waals surface area contributed by atoms with Gasteiger partial charge in [-0.3, -0.25) is 4.79 Å². The van der Waals surface area contributed by atoms with Crippen LogP contribution in [-0.4, -0.2) is 42.4 Å². The number of nitrogens with one attached hydrogen (secondary N) is 3. The summed E-state index contributed by atoms with van der Waals surface area (Å²) >= 11 is 0. The lowest BCUT2D eigenvalue weighted by Crippen LogP contribution is -2.40. The minimum Gasteiger partial charge on any atom is -0.392 e. The molecule has 0 saturated carbocycles. The largest absolute Gasteiger partial charge is 0.392 e. The minimum absolute atomic E-state index is 0.0885. The second-order valence-electron chi connectivity index (χ2n) is 9.11. The summed E-state index contributed by atoms with van der Waals surface area (Å²) in [6, 6.07) is 2.00. The van der Waals surface area contributed by atoms with Crippen molar-refractivity contribution in [3.05, 3.63) is 52.6 Å². The Morgan fingerprint density at radius 1 is 1.40 bits per heavy atom. The Morgan fingerprint density at radius 3 is 3.00 bits per heavy atom. The highest BCUT2D eigenvalue weighted by molar-refractivity contribution is 6.03. The molecule has 0 saturated heterocycles. The van der Waals surface area contributed by atoms with Crippen LogP contribution in [-0.2, 0) is 6.42 Å². The number of anilines is 3. The number of hydrogen-bond donors (Lipinski definition) is 4. The van der Waals surface area contributed by atoms with Crippen molar-refractivity contribution in [1.29, 1.82) is 0 Å². The van der Waals surface area contributed by atoms with Gasteiger partial charge in [-0.05, 0) is 62.3 Å². The monoisotopic (exact) mass is 406 g/mol. The number of fused-ring (bicyclic) bond motifs is 4. The van der Waals surface area contributed by atoms with Crippen LogP contribution in [0.5, 0.6) is 0 Å². The first-order valence-corrected chi connectivity index (χ1v) is 10.9. The molecule has 1 aromatic carbocycles. The lowest BCUT2D eigenvalue weighted by Gasteiger charge is -2.37. The predicted molar refractivity (Wildman–Crippen MR) is 121 cm³/mol. The number of amides is 1. The zero-order valence-electron chi connectivity index (χ0n) is 17.9. The SMILES string of the molecule is CC1Nc2c(cc(C(=O)NC[C@H](C)O)c3c2NC2(C=C4CC=CC=C4C2)CC3)N1C. The van der Waals surface area contributed by atoms with Crippen molar-refractivity contribution in [3.8, 4) is 0 Å². The van der Waals surface area contributed by atoms with Gasteiger partial charge < -0.3 is 26.0 Å². The van der Waals surface area contributed by atoms with Gasteiger partial charge in [0.2, 0.25) is 0 Å². The molecule has 0 radical (unpaired) electrons. The Labute approximate surface area is 177 Å². The van der Waals surface area contributed by atoms with Gasteiger partial charge in [-0.25, -0.2) is 0 Å². The first-order chi connectivity index (χ1) is 14.4. The van der Waals surface area contributed by atoms with Crippen molar-refractivity contribution in [2.45, 2.75) is 57.3 Å². The fourth-order valence-electron chi connectivity index (χ4n) is 5.15. The number of hydrogen-bond acceptors (Lipinski definition) is 5. The van der Waals surface area contributed by atoms with E-state index in [0.717, 1.165) is 48.3 Å². The first kappa shape index (κ1) is 19.2. The number of aliphatic hydroxyl groups is 1. The van der Waals surface area contributed by atoms with Crippen LogP contribution in [0.2, 0.25) is 0 Å². The van der Waals surface area contributed by atoms with Gasteiger partial charge in [-0.2, -0.15) is 0 Å². The molecule has 4 aliphatic rings. The van der Waals surface area contributed by atoms with Crippen LogP contribution in [0, 0.1) is 0 Å². The number of nitrogens with zero attached hydrogens (tertiary/aromatic N) is 1.